The fourth-order valence-corrected chi connectivity index (χ4v) is 2.68. The molecule has 0 N–H and O–H groups in total. The van der Waals surface area contributed by atoms with Gasteiger partial charge in [0.25, 0.3) is 0 Å². The zero-order valence-electron chi connectivity index (χ0n) is 12.2. The van der Waals surface area contributed by atoms with Gasteiger partial charge in [0.1, 0.15) is 6.04 Å². The Kier molecular flexibility index (Phi) is 4.24. The van der Waals surface area contributed by atoms with Crippen molar-refractivity contribution in [3.05, 3.63) is 46.1 Å². The highest BCUT2D eigenvalue weighted by atomic mass is 35.5. The van der Waals surface area contributed by atoms with Crippen LogP contribution in [0.5, 0.6) is 0 Å². The van der Waals surface area contributed by atoms with Crippen molar-refractivity contribution < 1.29 is 9.26 Å². The molecule has 0 amide bonds. The molecule has 0 unspecified atom stereocenters. The molecule has 1 fully saturated rings. The molecule has 0 aliphatic carbocycles. The van der Waals surface area contributed by atoms with E-state index in [9.17, 15) is 0 Å². The van der Waals surface area contributed by atoms with Crippen molar-refractivity contribution in [2.45, 2.75) is 26.4 Å². The van der Waals surface area contributed by atoms with E-state index < -0.39 is 0 Å². The van der Waals surface area contributed by atoms with E-state index in [1.54, 1.807) is 0 Å². The Labute approximate surface area is 128 Å². The average Bonchev–Trinajstić information content (AvgIpc) is 2.90. The van der Waals surface area contributed by atoms with Crippen LogP contribution in [-0.2, 0) is 11.3 Å². The summed E-state index contributed by atoms with van der Waals surface area (Å²) in [6, 6.07) is 6.17. The van der Waals surface area contributed by atoms with E-state index in [2.05, 4.69) is 21.1 Å². The van der Waals surface area contributed by atoms with Crippen LogP contribution in [0.1, 0.15) is 28.9 Å². The summed E-state index contributed by atoms with van der Waals surface area (Å²) < 4.78 is 10.9. The molecule has 21 heavy (non-hydrogen) atoms. The lowest BCUT2D eigenvalue weighted by Crippen LogP contribution is -2.39. The molecule has 0 bridgehead atoms. The standard InChI is InChI=1S/C15H18ClN3O2/c1-10-3-4-12(7-13(10)16)8-19-5-6-20-9-14(19)15-17-11(2)18-21-15/h3-4,7,14H,5-6,8-9H2,1-2H3/t14-/m0/s1. The van der Waals surface area contributed by atoms with Gasteiger partial charge in [-0.1, -0.05) is 28.9 Å². The lowest BCUT2D eigenvalue weighted by molar-refractivity contribution is -0.0241. The topological polar surface area (TPSA) is 51.4 Å². The van der Waals surface area contributed by atoms with Crippen LogP contribution < -0.4 is 0 Å². The molecule has 3 rings (SSSR count). The second-order valence-electron chi connectivity index (χ2n) is 5.32. The second kappa shape index (κ2) is 6.13. The van der Waals surface area contributed by atoms with Gasteiger partial charge in [-0.2, -0.15) is 4.98 Å². The van der Waals surface area contributed by atoms with E-state index in [1.807, 2.05) is 26.0 Å². The van der Waals surface area contributed by atoms with Crippen LogP contribution in [0.2, 0.25) is 5.02 Å². The Balaban J connectivity index is 1.79. The number of morpholine rings is 1. The SMILES string of the molecule is Cc1noc([C@@H]2COCCN2Cc2ccc(C)c(Cl)c2)n1. The molecule has 1 atom stereocenters. The van der Waals surface area contributed by atoms with E-state index in [1.165, 1.54) is 5.56 Å². The van der Waals surface area contributed by atoms with Gasteiger partial charge in [-0.05, 0) is 31.0 Å². The van der Waals surface area contributed by atoms with Crippen LogP contribution in [0.3, 0.4) is 0 Å². The highest BCUT2D eigenvalue weighted by molar-refractivity contribution is 6.31. The number of hydrogen-bond acceptors (Lipinski definition) is 5. The molecule has 0 spiro atoms. The smallest absolute Gasteiger partial charge is 0.246 e. The second-order valence-corrected chi connectivity index (χ2v) is 5.73. The summed E-state index contributed by atoms with van der Waals surface area (Å²) in [5.74, 6) is 1.26. The summed E-state index contributed by atoms with van der Waals surface area (Å²) in [7, 11) is 0. The fraction of sp³-hybridized carbons (Fsp3) is 0.467. The Hall–Kier alpha value is -1.43. The van der Waals surface area contributed by atoms with Crippen molar-refractivity contribution >= 4 is 11.6 Å². The van der Waals surface area contributed by atoms with Crippen LogP contribution in [0.15, 0.2) is 22.7 Å². The molecule has 5 nitrogen and oxygen atoms in total. The first-order valence-electron chi connectivity index (χ1n) is 7.00. The van der Waals surface area contributed by atoms with Crippen molar-refractivity contribution in [3.63, 3.8) is 0 Å². The van der Waals surface area contributed by atoms with Crippen LogP contribution in [0.4, 0.5) is 0 Å². The molecular weight excluding hydrogens is 290 g/mol. The third-order valence-electron chi connectivity index (χ3n) is 3.69. The van der Waals surface area contributed by atoms with Crippen molar-refractivity contribution in [1.29, 1.82) is 0 Å². The Bertz CT molecular complexity index is 629. The maximum atomic E-state index is 6.20. The largest absolute Gasteiger partial charge is 0.378 e. The number of rotatable bonds is 3. The van der Waals surface area contributed by atoms with Crippen LogP contribution in [0.25, 0.3) is 0 Å². The fourth-order valence-electron chi connectivity index (χ4n) is 2.47. The van der Waals surface area contributed by atoms with Gasteiger partial charge >= 0.3 is 0 Å². The van der Waals surface area contributed by atoms with Crippen molar-refractivity contribution in [2.75, 3.05) is 19.8 Å². The normalized spacial score (nSPS) is 19.9. The molecule has 2 heterocycles. The van der Waals surface area contributed by atoms with E-state index in [0.29, 0.717) is 24.9 Å². The van der Waals surface area contributed by atoms with Gasteiger partial charge in [-0.3, -0.25) is 4.90 Å². The third kappa shape index (κ3) is 3.26. The number of nitrogens with zero attached hydrogens (tertiary/aromatic N) is 3. The summed E-state index contributed by atoms with van der Waals surface area (Å²) in [5.41, 5.74) is 2.26. The number of benzene rings is 1. The van der Waals surface area contributed by atoms with Gasteiger partial charge < -0.3 is 9.26 Å². The number of ether oxygens (including phenoxy) is 1. The predicted molar refractivity (Wildman–Crippen MR) is 79.2 cm³/mol. The molecular formula is C15H18ClN3O2. The lowest BCUT2D eigenvalue weighted by Gasteiger charge is -2.33. The maximum absolute atomic E-state index is 6.20. The van der Waals surface area contributed by atoms with E-state index in [-0.39, 0.29) is 6.04 Å². The number of hydrogen-bond donors (Lipinski definition) is 0. The van der Waals surface area contributed by atoms with Gasteiger partial charge in [0.05, 0.1) is 13.2 Å². The third-order valence-corrected chi connectivity index (χ3v) is 4.10. The molecule has 0 saturated carbocycles. The molecule has 1 aliphatic heterocycles. The lowest BCUT2D eigenvalue weighted by atomic mass is 10.1. The number of aromatic nitrogens is 2. The molecule has 1 aliphatic rings. The first-order chi connectivity index (χ1) is 10.1. The van der Waals surface area contributed by atoms with E-state index in [0.717, 1.165) is 23.7 Å². The summed E-state index contributed by atoms with van der Waals surface area (Å²) in [6.07, 6.45) is 0. The van der Waals surface area contributed by atoms with Crippen LogP contribution in [0, 0.1) is 13.8 Å². The molecule has 6 heteroatoms. The first kappa shape index (κ1) is 14.5. The minimum absolute atomic E-state index is 0.0000265. The van der Waals surface area contributed by atoms with E-state index in [4.69, 9.17) is 20.9 Å². The van der Waals surface area contributed by atoms with Crippen molar-refractivity contribution in [3.8, 4) is 0 Å². The summed E-state index contributed by atoms with van der Waals surface area (Å²) in [5, 5.41) is 4.67. The summed E-state index contributed by atoms with van der Waals surface area (Å²) in [6.45, 7) is 6.73. The molecule has 1 saturated heterocycles. The van der Waals surface area contributed by atoms with Gasteiger partial charge in [0.2, 0.25) is 5.89 Å². The highest BCUT2D eigenvalue weighted by Gasteiger charge is 2.29. The number of halogens is 1. The maximum Gasteiger partial charge on any atom is 0.246 e. The zero-order valence-corrected chi connectivity index (χ0v) is 12.9. The molecule has 0 radical (unpaired) electrons. The Morgan fingerprint density at radius 2 is 2.24 bits per heavy atom. The minimum atomic E-state index is 0.0000265. The van der Waals surface area contributed by atoms with Crippen LogP contribution >= 0.6 is 11.6 Å². The van der Waals surface area contributed by atoms with Crippen molar-refractivity contribution in [2.24, 2.45) is 0 Å². The quantitative estimate of drug-likeness (QED) is 0.872. The first-order valence-corrected chi connectivity index (χ1v) is 7.38. The number of aryl methyl sites for hydroxylation is 2. The van der Waals surface area contributed by atoms with Crippen LogP contribution in [-0.4, -0.2) is 34.8 Å². The minimum Gasteiger partial charge on any atom is -0.378 e. The summed E-state index contributed by atoms with van der Waals surface area (Å²) in [4.78, 5) is 6.62. The predicted octanol–water partition coefficient (Wildman–Crippen LogP) is 2.91. The monoisotopic (exact) mass is 307 g/mol. The van der Waals surface area contributed by atoms with Gasteiger partial charge in [-0.15, -0.1) is 0 Å². The Morgan fingerprint density at radius 1 is 1.38 bits per heavy atom. The van der Waals surface area contributed by atoms with Crippen molar-refractivity contribution in [1.82, 2.24) is 15.0 Å². The van der Waals surface area contributed by atoms with E-state index >= 15 is 0 Å². The molecule has 2 aromatic rings. The molecule has 1 aromatic carbocycles. The Morgan fingerprint density at radius 3 is 2.95 bits per heavy atom. The molecule has 112 valence electrons. The zero-order chi connectivity index (χ0) is 14.8. The average molecular weight is 308 g/mol. The van der Waals surface area contributed by atoms with Gasteiger partial charge in [-0.25, -0.2) is 0 Å². The summed E-state index contributed by atoms with van der Waals surface area (Å²) >= 11 is 6.20. The molecule has 1 aromatic heterocycles. The van der Waals surface area contributed by atoms with Gasteiger partial charge in [0.15, 0.2) is 5.82 Å². The van der Waals surface area contributed by atoms with Gasteiger partial charge in [0, 0.05) is 18.1 Å². The highest BCUT2D eigenvalue weighted by Crippen LogP contribution is 2.26.